The maximum atomic E-state index is 12.2. The first-order valence-electron chi connectivity index (χ1n) is 8.18. The molecular formula is C18H21NO4. The van der Waals surface area contributed by atoms with Crippen molar-refractivity contribution in [1.82, 2.24) is 0 Å². The minimum Gasteiger partial charge on any atom is -0.455 e. The second-order valence-electron chi connectivity index (χ2n) is 6.42. The Morgan fingerprint density at radius 3 is 2.39 bits per heavy atom. The van der Waals surface area contributed by atoms with E-state index in [1.165, 1.54) is 0 Å². The third kappa shape index (κ3) is 3.78. The monoisotopic (exact) mass is 315 g/mol. The van der Waals surface area contributed by atoms with Crippen LogP contribution in [0.15, 0.2) is 30.3 Å². The Kier molecular flexibility index (Phi) is 4.74. The first-order valence-corrected chi connectivity index (χ1v) is 8.18. The van der Waals surface area contributed by atoms with Gasteiger partial charge in [0.2, 0.25) is 0 Å². The standard InChI is InChI=1S/C18H21NO4/c20-16(19-15-7-2-1-3-8-15)11-23-18(22)14-9-12-5-4-6-13(10-14)17(12)21/h1-3,7-8,12-14H,4-6,9-11H2,(H,19,20). The molecule has 2 saturated carbocycles. The lowest BCUT2D eigenvalue weighted by Gasteiger charge is -2.36. The second kappa shape index (κ2) is 6.94. The van der Waals surface area contributed by atoms with Crippen LogP contribution in [-0.4, -0.2) is 24.3 Å². The number of fused-ring (bicyclic) bond motifs is 2. The highest BCUT2D eigenvalue weighted by Gasteiger charge is 2.41. The number of rotatable bonds is 4. The number of nitrogens with one attached hydrogen (secondary N) is 1. The summed E-state index contributed by atoms with van der Waals surface area (Å²) in [5.74, 6) is -0.597. The number of Topliss-reactive ketones (excluding diaryl/α,β-unsaturated/α-hetero) is 1. The maximum absolute atomic E-state index is 12.2. The molecule has 1 N–H and O–H groups in total. The fourth-order valence-corrected chi connectivity index (χ4v) is 3.65. The zero-order valence-corrected chi connectivity index (χ0v) is 13.0. The SMILES string of the molecule is O=C(COC(=O)C1CC2CCCC(C1)C2=O)Nc1ccccc1. The molecule has 23 heavy (non-hydrogen) atoms. The average Bonchev–Trinajstić information content (AvgIpc) is 2.53. The van der Waals surface area contributed by atoms with Crippen molar-refractivity contribution in [2.45, 2.75) is 32.1 Å². The predicted octanol–water partition coefficient (Wildman–Crippen LogP) is 2.56. The summed E-state index contributed by atoms with van der Waals surface area (Å²) in [6, 6.07) is 9.04. The van der Waals surface area contributed by atoms with Gasteiger partial charge in [0.25, 0.3) is 5.91 Å². The molecule has 2 bridgehead atoms. The van der Waals surface area contributed by atoms with Crippen LogP contribution in [0, 0.1) is 17.8 Å². The largest absolute Gasteiger partial charge is 0.455 e. The van der Waals surface area contributed by atoms with E-state index in [0.717, 1.165) is 19.3 Å². The van der Waals surface area contributed by atoms with E-state index in [4.69, 9.17) is 4.74 Å². The molecule has 0 saturated heterocycles. The number of hydrogen-bond acceptors (Lipinski definition) is 4. The van der Waals surface area contributed by atoms with Crippen molar-refractivity contribution in [2.24, 2.45) is 17.8 Å². The van der Waals surface area contributed by atoms with E-state index in [-0.39, 0.29) is 36.2 Å². The zero-order chi connectivity index (χ0) is 16.2. The lowest BCUT2D eigenvalue weighted by molar-refractivity contribution is -0.155. The van der Waals surface area contributed by atoms with Gasteiger partial charge < -0.3 is 10.1 Å². The molecule has 2 fully saturated rings. The van der Waals surface area contributed by atoms with E-state index in [1.807, 2.05) is 18.2 Å². The Bertz CT molecular complexity index is 582. The predicted molar refractivity (Wildman–Crippen MR) is 84.6 cm³/mol. The molecule has 2 unspecified atom stereocenters. The van der Waals surface area contributed by atoms with Gasteiger partial charge in [0.05, 0.1) is 5.92 Å². The summed E-state index contributed by atoms with van der Waals surface area (Å²) in [5, 5.41) is 2.68. The zero-order valence-electron chi connectivity index (χ0n) is 13.0. The third-order valence-corrected chi connectivity index (χ3v) is 4.78. The minimum atomic E-state index is -0.350. The van der Waals surface area contributed by atoms with Gasteiger partial charge in [-0.05, 0) is 37.8 Å². The maximum Gasteiger partial charge on any atom is 0.309 e. The van der Waals surface area contributed by atoms with Crippen molar-refractivity contribution in [1.29, 1.82) is 0 Å². The van der Waals surface area contributed by atoms with Crippen LogP contribution in [0.1, 0.15) is 32.1 Å². The van der Waals surface area contributed by atoms with Crippen molar-refractivity contribution in [2.75, 3.05) is 11.9 Å². The second-order valence-corrected chi connectivity index (χ2v) is 6.42. The number of anilines is 1. The Hall–Kier alpha value is -2.17. The van der Waals surface area contributed by atoms with Gasteiger partial charge in [0, 0.05) is 17.5 Å². The molecule has 5 nitrogen and oxygen atoms in total. The van der Waals surface area contributed by atoms with Gasteiger partial charge in [-0.15, -0.1) is 0 Å². The minimum absolute atomic E-state index is 0.0122. The topological polar surface area (TPSA) is 72.5 Å². The number of benzene rings is 1. The molecule has 2 aliphatic rings. The third-order valence-electron chi connectivity index (χ3n) is 4.78. The normalized spacial score (nSPS) is 26.4. The van der Waals surface area contributed by atoms with Gasteiger partial charge in [-0.1, -0.05) is 24.6 Å². The molecular weight excluding hydrogens is 294 g/mol. The summed E-state index contributed by atoms with van der Waals surface area (Å²) >= 11 is 0. The highest BCUT2D eigenvalue weighted by molar-refractivity contribution is 5.93. The molecule has 0 aliphatic heterocycles. The van der Waals surface area contributed by atoms with Gasteiger partial charge in [-0.2, -0.15) is 0 Å². The molecule has 5 heteroatoms. The summed E-state index contributed by atoms with van der Waals surface area (Å²) in [5.41, 5.74) is 0.673. The Morgan fingerprint density at radius 2 is 1.74 bits per heavy atom. The van der Waals surface area contributed by atoms with Gasteiger partial charge >= 0.3 is 5.97 Å². The number of hydrogen-bond donors (Lipinski definition) is 1. The summed E-state index contributed by atoms with van der Waals surface area (Å²) in [6.07, 6.45) is 3.99. The fourth-order valence-electron chi connectivity index (χ4n) is 3.65. The molecule has 0 heterocycles. The number of carbonyl (C=O) groups is 3. The highest BCUT2D eigenvalue weighted by atomic mass is 16.5. The number of para-hydroxylation sites is 1. The molecule has 0 spiro atoms. The quantitative estimate of drug-likeness (QED) is 0.867. The van der Waals surface area contributed by atoms with Crippen LogP contribution in [0.5, 0.6) is 0 Å². The number of esters is 1. The molecule has 0 aromatic heterocycles. The Labute approximate surface area is 135 Å². The smallest absolute Gasteiger partial charge is 0.309 e. The summed E-state index contributed by atoms with van der Waals surface area (Å²) in [4.78, 5) is 36.0. The van der Waals surface area contributed by atoms with Crippen molar-refractivity contribution >= 4 is 23.3 Å². The number of ketones is 1. The number of amides is 1. The van der Waals surface area contributed by atoms with E-state index < -0.39 is 0 Å². The molecule has 1 aromatic carbocycles. The van der Waals surface area contributed by atoms with Crippen molar-refractivity contribution in [3.8, 4) is 0 Å². The van der Waals surface area contributed by atoms with Crippen molar-refractivity contribution in [3.05, 3.63) is 30.3 Å². The van der Waals surface area contributed by atoms with E-state index in [9.17, 15) is 14.4 Å². The molecule has 3 rings (SSSR count). The lowest BCUT2D eigenvalue weighted by atomic mass is 9.67. The lowest BCUT2D eigenvalue weighted by Crippen LogP contribution is -2.40. The first kappa shape index (κ1) is 15.7. The van der Waals surface area contributed by atoms with Crippen LogP contribution in [0.4, 0.5) is 5.69 Å². The van der Waals surface area contributed by atoms with E-state index in [0.29, 0.717) is 24.3 Å². The van der Waals surface area contributed by atoms with E-state index in [2.05, 4.69) is 5.32 Å². The fraction of sp³-hybridized carbons (Fsp3) is 0.500. The number of carbonyl (C=O) groups excluding carboxylic acids is 3. The molecule has 0 radical (unpaired) electrons. The average molecular weight is 315 g/mol. The van der Waals surface area contributed by atoms with Gasteiger partial charge in [-0.3, -0.25) is 14.4 Å². The van der Waals surface area contributed by atoms with Crippen LogP contribution in [0.3, 0.4) is 0 Å². The van der Waals surface area contributed by atoms with Crippen LogP contribution >= 0.6 is 0 Å². The van der Waals surface area contributed by atoms with Crippen LogP contribution in [0.25, 0.3) is 0 Å². The molecule has 1 amide bonds. The van der Waals surface area contributed by atoms with Gasteiger partial charge in [0.15, 0.2) is 6.61 Å². The van der Waals surface area contributed by atoms with Crippen LogP contribution in [-0.2, 0) is 19.1 Å². The Morgan fingerprint density at radius 1 is 1.09 bits per heavy atom. The summed E-state index contributed by atoms with van der Waals surface area (Å²) in [6.45, 7) is -0.284. The van der Waals surface area contributed by atoms with E-state index in [1.54, 1.807) is 12.1 Å². The van der Waals surface area contributed by atoms with Crippen molar-refractivity contribution in [3.63, 3.8) is 0 Å². The first-order chi connectivity index (χ1) is 11.1. The van der Waals surface area contributed by atoms with Gasteiger partial charge in [-0.25, -0.2) is 0 Å². The summed E-state index contributed by atoms with van der Waals surface area (Å²) < 4.78 is 5.15. The van der Waals surface area contributed by atoms with Crippen molar-refractivity contribution < 1.29 is 19.1 Å². The van der Waals surface area contributed by atoms with Crippen LogP contribution < -0.4 is 5.32 Å². The number of ether oxygens (including phenoxy) is 1. The molecule has 2 atom stereocenters. The molecule has 122 valence electrons. The Balaban J connectivity index is 1.48. The van der Waals surface area contributed by atoms with Gasteiger partial charge in [0.1, 0.15) is 5.78 Å². The summed E-state index contributed by atoms with van der Waals surface area (Å²) in [7, 11) is 0. The van der Waals surface area contributed by atoms with Crippen LogP contribution in [0.2, 0.25) is 0 Å². The molecule has 2 aliphatic carbocycles. The molecule has 1 aromatic rings. The highest BCUT2D eigenvalue weighted by Crippen LogP contribution is 2.40. The van der Waals surface area contributed by atoms with E-state index >= 15 is 0 Å².